The number of carbonyl (C=O) groups excluding carboxylic acids is 2. The van der Waals surface area contributed by atoms with Crippen molar-refractivity contribution in [2.75, 3.05) is 13.1 Å². The van der Waals surface area contributed by atoms with Gasteiger partial charge >= 0.3 is 6.03 Å². The minimum atomic E-state index is -0.484. The Morgan fingerprint density at radius 2 is 2.14 bits per heavy atom. The quantitative estimate of drug-likeness (QED) is 0.880. The lowest BCUT2D eigenvalue weighted by Crippen LogP contribution is -2.56. The summed E-state index contributed by atoms with van der Waals surface area (Å²) in [6.07, 6.45) is 5.72. The fourth-order valence-electron chi connectivity index (χ4n) is 3.12. The van der Waals surface area contributed by atoms with Crippen molar-refractivity contribution in [1.29, 1.82) is 0 Å². The molecular formula is C15H21N3O2S. The van der Waals surface area contributed by atoms with Crippen LogP contribution in [0.3, 0.4) is 0 Å². The molecule has 1 unspecified atom stereocenters. The van der Waals surface area contributed by atoms with Crippen LogP contribution in [-0.4, -0.2) is 36.0 Å². The van der Waals surface area contributed by atoms with E-state index >= 15 is 0 Å². The number of nitrogens with zero attached hydrogens (tertiary/aromatic N) is 1. The Kier molecular flexibility index (Phi) is 4.43. The molecule has 3 rings (SSSR count). The van der Waals surface area contributed by atoms with Crippen LogP contribution in [0.5, 0.6) is 0 Å². The maximum Gasteiger partial charge on any atom is 0.318 e. The van der Waals surface area contributed by atoms with Crippen LogP contribution in [-0.2, 0) is 4.79 Å². The average molecular weight is 307 g/mol. The topological polar surface area (TPSA) is 61.4 Å². The molecule has 1 aliphatic carbocycles. The van der Waals surface area contributed by atoms with Crippen molar-refractivity contribution in [3.8, 4) is 0 Å². The van der Waals surface area contributed by atoms with Crippen molar-refractivity contribution in [2.45, 2.75) is 44.2 Å². The number of amides is 3. The Hall–Kier alpha value is -1.56. The molecule has 0 spiro atoms. The van der Waals surface area contributed by atoms with E-state index in [1.54, 1.807) is 4.90 Å². The highest BCUT2D eigenvalue weighted by Gasteiger charge is 2.35. The maximum atomic E-state index is 12.6. The van der Waals surface area contributed by atoms with Gasteiger partial charge in [0.1, 0.15) is 6.04 Å². The van der Waals surface area contributed by atoms with Crippen LogP contribution in [0.2, 0.25) is 0 Å². The number of rotatable bonds is 2. The molecule has 1 saturated heterocycles. The van der Waals surface area contributed by atoms with E-state index in [-0.39, 0.29) is 18.0 Å². The van der Waals surface area contributed by atoms with Gasteiger partial charge in [-0.15, -0.1) is 11.3 Å². The molecule has 3 amide bonds. The van der Waals surface area contributed by atoms with E-state index in [1.165, 1.54) is 30.6 Å². The van der Waals surface area contributed by atoms with Gasteiger partial charge in [-0.25, -0.2) is 4.79 Å². The summed E-state index contributed by atoms with van der Waals surface area (Å²) in [6, 6.07) is 3.51. The van der Waals surface area contributed by atoms with E-state index in [1.807, 2.05) is 17.5 Å². The molecule has 114 valence electrons. The standard InChI is InChI=1S/C15H21N3O2S/c19-14-13(12-7-4-10-21-12)18(9-8-16-14)15(20)17-11-5-2-1-3-6-11/h4,7,10-11,13H,1-3,5-6,8-9H2,(H,16,19)(H,17,20). The van der Waals surface area contributed by atoms with E-state index in [0.717, 1.165) is 17.7 Å². The number of hydrogen-bond acceptors (Lipinski definition) is 3. The minimum absolute atomic E-state index is 0.0810. The molecular weight excluding hydrogens is 286 g/mol. The molecule has 1 aliphatic heterocycles. The zero-order valence-electron chi connectivity index (χ0n) is 12.0. The van der Waals surface area contributed by atoms with Gasteiger partial charge in [-0.05, 0) is 24.3 Å². The van der Waals surface area contributed by atoms with Crippen molar-refractivity contribution in [3.63, 3.8) is 0 Å². The largest absolute Gasteiger partial charge is 0.352 e. The first-order chi connectivity index (χ1) is 10.3. The number of nitrogens with one attached hydrogen (secondary N) is 2. The molecule has 1 saturated carbocycles. The predicted molar refractivity (Wildman–Crippen MR) is 82.2 cm³/mol. The fraction of sp³-hybridized carbons (Fsp3) is 0.600. The smallest absolute Gasteiger partial charge is 0.318 e. The second-order valence-corrected chi connectivity index (χ2v) is 6.67. The van der Waals surface area contributed by atoms with Crippen LogP contribution < -0.4 is 10.6 Å². The molecule has 2 aliphatic rings. The van der Waals surface area contributed by atoms with Crippen molar-refractivity contribution in [1.82, 2.24) is 15.5 Å². The lowest BCUT2D eigenvalue weighted by atomic mass is 9.95. The Balaban J connectivity index is 1.71. The van der Waals surface area contributed by atoms with Gasteiger partial charge < -0.3 is 15.5 Å². The third kappa shape index (κ3) is 3.20. The molecule has 6 heteroatoms. The molecule has 2 N–H and O–H groups in total. The highest BCUT2D eigenvalue weighted by atomic mass is 32.1. The first kappa shape index (κ1) is 14.4. The summed E-state index contributed by atoms with van der Waals surface area (Å²) in [6.45, 7) is 1.09. The van der Waals surface area contributed by atoms with Gasteiger partial charge in [-0.3, -0.25) is 4.79 Å². The number of carbonyl (C=O) groups is 2. The van der Waals surface area contributed by atoms with Gasteiger partial charge in [0.05, 0.1) is 0 Å². The Bertz CT molecular complexity index is 497. The molecule has 5 nitrogen and oxygen atoms in total. The third-order valence-corrected chi connectivity index (χ3v) is 5.14. The molecule has 0 aromatic carbocycles. The summed E-state index contributed by atoms with van der Waals surface area (Å²) in [7, 11) is 0. The number of urea groups is 1. The lowest BCUT2D eigenvalue weighted by Gasteiger charge is -2.36. The second-order valence-electron chi connectivity index (χ2n) is 5.69. The molecule has 1 atom stereocenters. The summed E-state index contributed by atoms with van der Waals surface area (Å²) in [4.78, 5) is 27.3. The molecule has 21 heavy (non-hydrogen) atoms. The van der Waals surface area contributed by atoms with Crippen molar-refractivity contribution < 1.29 is 9.59 Å². The van der Waals surface area contributed by atoms with E-state index in [9.17, 15) is 9.59 Å². The predicted octanol–water partition coefficient (Wildman–Crippen LogP) is 2.26. The Morgan fingerprint density at radius 1 is 1.33 bits per heavy atom. The van der Waals surface area contributed by atoms with Crippen molar-refractivity contribution >= 4 is 23.3 Å². The Labute approximate surface area is 128 Å². The van der Waals surface area contributed by atoms with Crippen LogP contribution >= 0.6 is 11.3 Å². The number of hydrogen-bond donors (Lipinski definition) is 2. The van der Waals surface area contributed by atoms with E-state index in [2.05, 4.69) is 10.6 Å². The van der Waals surface area contributed by atoms with Gasteiger partial charge in [-0.1, -0.05) is 25.3 Å². The summed E-state index contributed by atoms with van der Waals surface area (Å²) >= 11 is 1.52. The monoisotopic (exact) mass is 307 g/mol. The molecule has 1 aromatic heterocycles. The summed E-state index contributed by atoms with van der Waals surface area (Å²) in [5.74, 6) is -0.0810. The molecule has 0 radical (unpaired) electrons. The summed E-state index contributed by atoms with van der Waals surface area (Å²) in [5, 5.41) is 7.91. The summed E-state index contributed by atoms with van der Waals surface area (Å²) in [5.41, 5.74) is 0. The molecule has 0 bridgehead atoms. The zero-order chi connectivity index (χ0) is 14.7. The number of piperazine rings is 1. The highest BCUT2D eigenvalue weighted by Crippen LogP contribution is 2.27. The molecule has 2 fully saturated rings. The third-order valence-electron chi connectivity index (χ3n) is 4.22. The SMILES string of the molecule is O=C1NCCN(C(=O)NC2CCCCC2)C1c1cccs1. The van der Waals surface area contributed by atoms with Gasteiger partial charge in [0, 0.05) is 24.0 Å². The van der Waals surface area contributed by atoms with E-state index in [0.29, 0.717) is 13.1 Å². The lowest BCUT2D eigenvalue weighted by molar-refractivity contribution is -0.127. The van der Waals surface area contributed by atoms with Gasteiger partial charge in [0.15, 0.2) is 0 Å². The second kappa shape index (κ2) is 6.47. The van der Waals surface area contributed by atoms with Crippen LogP contribution in [0, 0.1) is 0 Å². The van der Waals surface area contributed by atoms with Gasteiger partial charge in [0.2, 0.25) is 5.91 Å². The maximum absolute atomic E-state index is 12.6. The average Bonchev–Trinajstić information content (AvgIpc) is 3.02. The van der Waals surface area contributed by atoms with E-state index < -0.39 is 6.04 Å². The van der Waals surface area contributed by atoms with E-state index in [4.69, 9.17) is 0 Å². The van der Waals surface area contributed by atoms with Crippen molar-refractivity contribution in [3.05, 3.63) is 22.4 Å². The first-order valence-corrected chi connectivity index (χ1v) is 8.52. The van der Waals surface area contributed by atoms with Crippen LogP contribution in [0.25, 0.3) is 0 Å². The first-order valence-electron chi connectivity index (χ1n) is 7.64. The van der Waals surface area contributed by atoms with Crippen molar-refractivity contribution in [2.24, 2.45) is 0 Å². The van der Waals surface area contributed by atoms with Crippen LogP contribution in [0.4, 0.5) is 4.79 Å². The Morgan fingerprint density at radius 3 is 2.86 bits per heavy atom. The highest BCUT2D eigenvalue weighted by molar-refractivity contribution is 7.10. The van der Waals surface area contributed by atoms with Gasteiger partial charge in [0.25, 0.3) is 0 Å². The van der Waals surface area contributed by atoms with Gasteiger partial charge in [-0.2, -0.15) is 0 Å². The molecule has 2 heterocycles. The summed E-state index contributed by atoms with van der Waals surface area (Å²) < 4.78 is 0. The number of thiophene rings is 1. The minimum Gasteiger partial charge on any atom is -0.352 e. The molecule has 1 aromatic rings. The normalized spacial score (nSPS) is 23.7. The van der Waals surface area contributed by atoms with Crippen LogP contribution in [0.1, 0.15) is 43.0 Å². The fourth-order valence-corrected chi connectivity index (χ4v) is 3.95. The van der Waals surface area contributed by atoms with Crippen LogP contribution in [0.15, 0.2) is 17.5 Å². The zero-order valence-corrected chi connectivity index (χ0v) is 12.8.